The predicted molar refractivity (Wildman–Crippen MR) is 86.6 cm³/mol. The van der Waals surface area contributed by atoms with Gasteiger partial charge in [0.15, 0.2) is 0 Å². The molecule has 2 aromatic rings. The van der Waals surface area contributed by atoms with Gasteiger partial charge in [-0.05, 0) is 51.0 Å². The van der Waals surface area contributed by atoms with Crippen LogP contribution in [0.1, 0.15) is 32.0 Å². The molecule has 1 aliphatic carbocycles. The van der Waals surface area contributed by atoms with Gasteiger partial charge in [-0.15, -0.1) is 0 Å². The van der Waals surface area contributed by atoms with E-state index in [0.717, 1.165) is 22.8 Å². The van der Waals surface area contributed by atoms with Crippen molar-refractivity contribution >= 4 is 32.9 Å². The van der Waals surface area contributed by atoms with Gasteiger partial charge in [-0.1, -0.05) is 15.9 Å². The number of benzene rings is 1. The van der Waals surface area contributed by atoms with E-state index in [1.807, 2.05) is 26.8 Å². The summed E-state index contributed by atoms with van der Waals surface area (Å²) in [4.78, 5) is 15.3. The van der Waals surface area contributed by atoms with Gasteiger partial charge >= 0.3 is 6.09 Å². The Kier molecular flexibility index (Phi) is 3.48. The lowest BCUT2D eigenvalue weighted by Gasteiger charge is -2.21. The molecule has 1 aromatic heterocycles. The number of aromatic amines is 1. The predicted octanol–water partition coefficient (Wildman–Crippen LogP) is 3.92. The smallest absolute Gasteiger partial charge is 0.407 e. The molecule has 21 heavy (non-hydrogen) atoms. The van der Waals surface area contributed by atoms with Gasteiger partial charge in [0.2, 0.25) is 0 Å². The topological polar surface area (TPSA) is 54.1 Å². The molecule has 0 radical (unpaired) electrons. The molecule has 112 valence electrons. The van der Waals surface area contributed by atoms with Crippen LogP contribution >= 0.6 is 15.9 Å². The first-order valence-electron chi connectivity index (χ1n) is 7.10. The van der Waals surface area contributed by atoms with E-state index < -0.39 is 5.60 Å². The molecule has 5 heteroatoms. The van der Waals surface area contributed by atoms with Gasteiger partial charge in [-0.3, -0.25) is 0 Å². The molecule has 1 amide bonds. The number of halogens is 1. The van der Waals surface area contributed by atoms with Crippen LogP contribution in [0.2, 0.25) is 0 Å². The minimum atomic E-state index is -0.464. The molecule has 4 nitrogen and oxygen atoms in total. The third-order valence-electron chi connectivity index (χ3n) is 3.58. The molecule has 0 bridgehead atoms. The number of aromatic nitrogens is 1. The zero-order chi connectivity index (χ0) is 15.2. The van der Waals surface area contributed by atoms with Crippen molar-refractivity contribution in [2.45, 2.75) is 45.3 Å². The van der Waals surface area contributed by atoms with Crippen LogP contribution in [0, 0.1) is 0 Å². The highest BCUT2D eigenvalue weighted by atomic mass is 79.9. The number of carbonyl (C=O) groups excluding carboxylic acids is 1. The van der Waals surface area contributed by atoms with Gasteiger partial charge in [-0.2, -0.15) is 0 Å². The lowest BCUT2D eigenvalue weighted by molar-refractivity contribution is 0.0506. The lowest BCUT2D eigenvalue weighted by Crippen LogP contribution is -2.39. The van der Waals surface area contributed by atoms with E-state index in [0.29, 0.717) is 0 Å². The minimum absolute atomic E-state index is 0.101. The zero-order valence-electron chi connectivity index (χ0n) is 12.4. The summed E-state index contributed by atoms with van der Waals surface area (Å²) in [6.07, 6.45) is 1.31. The summed E-state index contributed by atoms with van der Waals surface area (Å²) in [7, 11) is 0. The Morgan fingerprint density at radius 3 is 2.86 bits per heavy atom. The van der Waals surface area contributed by atoms with Crippen molar-refractivity contribution in [3.05, 3.63) is 33.9 Å². The average molecular weight is 351 g/mol. The van der Waals surface area contributed by atoms with Crippen molar-refractivity contribution in [3.63, 3.8) is 0 Å². The van der Waals surface area contributed by atoms with Gasteiger partial charge in [0.25, 0.3) is 0 Å². The molecule has 1 aliphatic rings. The standard InChI is InChI=1S/C16H19BrN2O2/c1-16(2,3)21-15(20)18-10-7-12-11-6-9(17)4-5-13(11)19-14(12)8-10/h4-6,10,19H,7-8H2,1-3H3,(H,18,20)/t10-/m0/s1. The Hall–Kier alpha value is -1.49. The second-order valence-electron chi connectivity index (χ2n) is 6.52. The lowest BCUT2D eigenvalue weighted by atomic mass is 10.1. The minimum Gasteiger partial charge on any atom is -0.444 e. The molecular weight excluding hydrogens is 332 g/mol. The van der Waals surface area contributed by atoms with Crippen LogP contribution in [0.15, 0.2) is 22.7 Å². The molecule has 1 atom stereocenters. The summed E-state index contributed by atoms with van der Waals surface area (Å²) in [5, 5.41) is 4.18. The Morgan fingerprint density at radius 1 is 1.38 bits per heavy atom. The third kappa shape index (κ3) is 3.07. The number of hydrogen-bond donors (Lipinski definition) is 2. The first-order chi connectivity index (χ1) is 9.82. The second-order valence-corrected chi connectivity index (χ2v) is 7.44. The van der Waals surface area contributed by atoms with E-state index in [-0.39, 0.29) is 12.1 Å². The number of alkyl carbamates (subject to hydrolysis) is 1. The maximum absolute atomic E-state index is 11.9. The van der Waals surface area contributed by atoms with Gasteiger partial charge < -0.3 is 15.0 Å². The second kappa shape index (κ2) is 5.05. The first-order valence-corrected chi connectivity index (χ1v) is 7.89. The van der Waals surface area contributed by atoms with Gasteiger partial charge in [0, 0.05) is 33.5 Å². The van der Waals surface area contributed by atoms with Crippen LogP contribution in [0.5, 0.6) is 0 Å². The van der Waals surface area contributed by atoms with Crippen molar-refractivity contribution in [1.82, 2.24) is 10.3 Å². The van der Waals surface area contributed by atoms with Gasteiger partial charge in [0.05, 0.1) is 0 Å². The van der Waals surface area contributed by atoms with Crippen molar-refractivity contribution in [2.75, 3.05) is 0 Å². The van der Waals surface area contributed by atoms with Gasteiger partial charge in [-0.25, -0.2) is 4.79 Å². The van der Waals surface area contributed by atoms with Crippen LogP contribution in [-0.2, 0) is 17.6 Å². The largest absolute Gasteiger partial charge is 0.444 e. The number of nitrogens with one attached hydrogen (secondary N) is 2. The number of amides is 1. The molecule has 2 N–H and O–H groups in total. The van der Waals surface area contributed by atoms with Crippen LogP contribution in [0.4, 0.5) is 4.79 Å². The molecule has 0 saturated carbocycles. The highest BCUT2D eigenvalue weighted by Gasteiger charge is 2.28. The van der Waals surface area contributed by atoms with Crippen LogP contribution in [-0.4, -0.2) is 22.7 Å². The Balaban J connectivity index is 1.73. The average Bonchev–Trinajstić information content (AvgIpc) is 2.84. The molecule has 0 unspecified atom stereocenters. The van der Waals surface area contributed by atoms with E-state index in [4.69, 9.17) is 4.74 Å². The fourth-order valence-electron chi connectivity index (χ4n) is 2.82. The molecular formula is C16H19BrN2O2. The van der Waals surface area contributed by atoms with Crippen LogP contribution < -0.4 is 5.32 Å². The number of fused-ring (bicyclic) bond motifs is 3. The SMILES string of the molecule is CC(C)(C)OC(=O)N[C@@H]1Cc2[nH]c3ccc(Br)cc3c2C1. The van der Waals surface area contributed by atoms with E-state index in [1.54, 1.807) is 0 Å². The van der Waals surface area contributed by atoms with Crippen molar-refractivity contribution < 1.29 is 9.53 Å². The van der Waals surface area contributed by atoms with E-state index in [2.05, 4.69) is 38.4 Å². The Bertz CT molecular complexity index is 700. The Morgan fingerprint density at radius 2 is 2.14 bits per heavy atom. The number of rotatable bonds is 1. The van der Waals surface area contributed by atoms with E-state index in [1.165, 1.54) is 16.6 Å². The van der Waals surface area contributed by atoms with Crippen LogP contribution in [0.3, 0.4) is 0 Å². The third-order valence-corrected chi connectivity index (χ3v) is 4.07. The summed E-state index contributed by atoms with van der Waals surface area (Å²) in [6, 6.07) is 6.34. The molecule has 0 aliphatic heterocycles. The normalized spacial score (nSPS) is 17.8. The number of carbonyl (C=O) groups is 1. The summed E-state index contributed by atoms with van der Waals surface area (Å²) >= 11 is 3.51. The number of H-pyrrole nitrogens is 1. The fourth-order valence-corrected chi connectivity index (χ4v) is 3.19. The number of ether oxygens (including phenoxy) is 1. The highest BCUT2D eigenvalue weighted by Crippen LogP contribution is 2.31. The summed E-state index contributed by atoms with van der Waals surface area (Å²) in [5.41, 5.74) is 3.20. The van der Waals surface area contributed by atoms with E-state index in [9.17, 15) is 4.79 Å². The molecule has 0 fully saturated rings. The molecule has 3 rings (SSSR count). The molecule has 0 saturated heterocycles. The monoisotopic (exact) mass is 350 g/mol. The maximum atomic E-state index is 11.9. The summed E-state index contributed by atoms with van der Waals surface area (Å²) in [5.74, 6) is 0. The summed E-state index contributed by atoms with van der Waals surface area (Å²) < 4.78 is 6.38. The van der Waals surface area contributed by atoms with Crippen molar-refractivity contribution in [2.24, 2.45) is 0 Å². The molecule has 1 heterocycles. The highest BCUT2D eigenvalue weighted by molar-refractivity contribution is 9.10. The van der Waals surface area contributed by atoms with Crippen molar-refractivity contribution in [1.29, 1.82) is 0 Å². The Labute approximate surface area is 132 Å². The maximum Gasteiger partial charge on any atom is 0.407 e. The summed E-state index contributed by atoms with van der Waals surface area (Å²) in [6.45, 7) is 5.61. The van der Waals surface area contributed by atoms with E-state index >= 15 is 0 Å². The quantitative estimate of drug-likeness (QED) is 0.818. The molecule has 1 aromatic carbocycles. The van der Waals surface area contributed by atoms with Gasteiger partial charge in [0.1, 0.15) is 5.60 Å². The number of hydrogen-bond acceptors (Lipinski definition) is 2. The fraction of sp³-hybridized carbons (Fsp3) is 0.438. The zero-order valence-corrected chi connectivity index (χ0v) is 14.0. The van der Waals surface area contributed by atoms with Crippen molar-refractivity contribution in [3.8, 4) is 0 Å². The first kappa shape index (κ1) is 14.4. The van der Waals surface area contributed by atoms with Crippen LogP contribution in [0.25, 0.3) is 10.9 Å². The molecule has 0 spiro atoms.